The lowest BCUT2D eigenvalue weighted by molar-refractivity contribution is 0.0233. The third kappa shape index (κ3) is 3.40. The zero-order valence-electron chi connectivity index (χ0n) is 9.63. The molecule has 0 unspecified atom stereocenters. The lowest BCUT2D eigenvalue weighted by atomic mass is 10.2. The molecule has 0 saturated heterocycles. The molecular weight excluding hydrogens is 250 g/mol. The average Bonchev–Trinajstić information content (AvgIpc) is 2.84. The summed E-state index contributed by atoms with van der Waals surface area (Å²) in [5.41, 5.74) is 4.58. The Balaban J connectivity index is 1.79. The van der Waals surface area contributed by atoms with Crippen LogP contribution in [0.3, 0.4) is 0 Å². The molecule has 2 aromatic rings. The smallest absolute Gasteiger partial charge is 0.346 e. The van der Waals surface area contributed by atoms with Crippen molar-refractivity contribution in [3.05, 3.63) is 57.8 Å². The van der Waals surface area contributed by atoms with Gasteiger partial charge < -0.3 is 5.11 Å². The lowest BCUT2D eigenvalue weighted by Gasteiger charge is -2.05. The number of hydrogen-bond acceptors (Lipinski definition) is 4. The molecule has 2 rings (SSSR count). The molecule has 0 aliphatic rings. The summed E-state index contributed by atoms with van der Waals surface area (Å²) in [6, 6.07) is 11.6. The number of carbonyl (C=O) groups is 1. The topological polar surface area (TPSA) is 58.6 Å². The van der Waals surface area contributed by atoms with E-state index in [0.717, 1.165) is 11.1 Å². The first-order chi connectivity index (χ1) is 8.77. The highest BCUT2D eigenvalue weighted by molar-refractivity contribution is 7.12. The molecule has 0 aliphatic heterocycles. The van der Waals surface area contributed by atoms with Crippen molar-refractivity contribution in [2.75, 3.05) is 0 Å². The second kappa shape index (κ2) is 6.30. The Morgan fingerprint density at radius 1 is 1.28 bits per heavy atom. The Morgan fingerprint density at radius 3 is 2.78 bits per heavy atom. The predicted octanol–water partition coefficient (Wildman–Crippen LogP) is 2.67. The van der Waals surface area contributed by atoms with Crippen LogP contribution >= 0.6 is 11.3 Å². The molecule has 0 radical (unpaired) electrons. The minimum Gasteiger partial charge on any atom is -0.477 e. The molecule has 1 heterocycles. The first-order valence-corrected chi connectivity index (χ1v) is 6.33. The van der Waals surface area contributed by atoms with Crippen molar-refractivity contribution in [1.82, 2.24) is 5.48 Å². The third-order valence-electron chi connectivity index (χ3n) is 2.39. The standard InChI is InChI=1S/C13H13NO3S/c15-13(16)12-11(6-7-18-12)8-14-17-9-10-4-2-1-3-5-10/h1-7,14H,8-9H2,(H,15,16). The van der Waals surface area contributed by atoms with Gasteiger partial charge in [0.15, 0.2) is 0 Å². The van der Waals surface area contributed by atoms with Crippen LogP contribution in [0.15, 0.2) is 41.8 Å². The number of hydrogen-bond donors (Lipinski definition) is 2. The van der Waals surface area contributed by atoms with Gasteiger partial charge in [0.2, 0.25) is 0 Å². The van der Waals surface area contributed by atoms with Crippen molar-refractivity contribution in [2.24, 2.45) is 0 Å². The number of carboxylic acid groups (broad SMARTS) is 1. The number of rotatable bonds is 6. The third-order valence-corrected chi connectivity index (χ3v) is 3.33. The van der Waals surface area contributed by atoms with Gasteiger partial charge >= 0.3 is 5.97 Å². The van der Waals surface area contributed by atoms with Gasteiger partial charge in [-0.05, 0) is 22.6 Å². The Morgan fingerprint density at radius 2 is 2.06 bits per heavy atom. The summed E-state index contributed by atoms with van der Waals surface area (Å²) in [4.78, 5) is 16.5. The largest absolute Gasteiger partial charge is 0.477 e. The molecule has 94 valence electrons. The van der Waals surface area contributed by atoms with Crippen molar-refractivity contribution in [3.63, 3.8) is 0 Å². The van der Waals surface area contributed by atoms with E-state index in [0.29, 0.717) is 18.0 Å². The van der Waals surface area contributed by atoms with Gasteiger partial charge in [-0.1, -0.05) is 30.3 Å². The van der Waals surface area contributed by atoms with Gasteiger partial charge in [-0.15, -0.1) is 11.3 Å². The molecule has 1 aromatic carbocycles. The number of thiophene rings is 1. The Bertz CT molecular complexity index is 510. The number of hydroxylamine groups is 1. The molecule has 0 amide bonds. The van der Waals surface area contributed by atoms with Crippen LogP contribution in [0.1, 0.15) is 20.8 Å². The fourth-order valence-electron chi connectivity index (χ4n) is 1.50. The maximum absolute atomic E-state index is 10.9. The van der Waals surface area contributed by atoms with Gasteiger partial charge in [-0.3, -0.25) is 4.84 Å². The molecule has 2 N–H and O–H groups in total. The van der Waals surface area contributed by atoms with E-state index in [1.807, 2.05) is 30.3 Å². The minimum atomic E-state index is -0.898. The van der Waals surface area contributed by atoms with Gasteiger partial charge in [0.1, 0.15) is 4.88 Å². The van der Waals surface area contributed by atoms with Crippen LogP contribution in [-0.4, -0.2) is 11.1 Å². The summed E-state index contributed by atoms with van der Waals surface area (Å²) in [7, 11) is 0. The van der Waals surface area contributed by atoms with Gasteiger partial charge in [-0.2, -0.15) is 5.48 Å². The molecule has 0 fully saturated rings. The van der Waals surface area contributed by atoms with E-state index in [9.17, 15) is 4.79 Å². The number of carboxylic acids is 1. The van der Waals surface area contributed by atoms with Crippen LogP contribution in [0.25, 0.3) is 0 Å². The Hall–Kier alpha value is -1.69. The van der Waals surface area contributed by atoms with E-state index < -0.39 is 5.97 Å². The summed E-state index contributed by atoms with van der Waals surface area (Å²) < 4.78 is 0. The number of nitrogens with one attached hydrogen (secondary N) is 1. The second-order valence-corrected chi connectivity index (χ2v) is 4.59. The molecule has 0 bridgehead atoms. The molecule has 18 heavy (non-hydrogen) atoms. The highest BCUT2D eigenvalue weighted by atomic mass is 32.1. The SMILES string of the molecule is O=C(O)c1sccc1CNOCc1ccccc1. The summed E-state index contributed by atoms with van der Waals surface area (Å²) >= 11 is 1.22. The predicted molar refractivity (Wildman–Crippen MR) is 69.3 cm³/mol. The number of benzene rings is 1. The molecule has 1 aromatic heterocycles. The molecule has 5 heteroatoms. The van der Waals surface area contributed by atoms with Crippen LogP contribution in [-0.2, 0) is 18.0 Å². The van der Waals surface area contributed by atoms with Crippen molar-refractivity contribution in [3.8, 4) is 0 Å². The van der Waals surface area contributed by atoms with Crippen molar-refractivity contribution < 1.29 is 14.7 Å². The summed E-state index contributed by atoms with van der Waals surface area (Å²) in [5, 5.41) is 10.7. The second-order valence-electron chi connectivity index (χ2n) is 3.68. The van der Waals surface area contributed by atoms with E-state index >= 15 is 0 Å². The van der Waals surface area contributed by atoms with E-state index in [2.05, 4.69) is 5.48 Å². The van der Waals surface area contributed by atoms with Gasteiger partial charge in [-0.25, -0.2) is 4.79 Å². The normalized spacial score (nSPS) is 10.4. The molecular formula is C13H13NO3S. The van der Waals surface area contributed by atoms with Crippen molar-refractivity contribution >= 4 is 17.3 Å². The number of aromatic carboxylic acids is 1. The summed E-state index contributed by atoms with van der Waals surface area (Å²) in [6.45, 7) is 0.839. The monoisotopic (exact) mass is 263 g/mol. The van der Waals surface area contributed by atoms with Crippen LogP contribution < -0.4 is 5.48 Å². The molecule has 0 aliphatic carbocycles. The molecule has 0 spiro atoms. The van der Waals surface area contributed by atoms with E-state index in [1.165, 1.54) is 11.3 Å². The molecule has 0 atom stereocenters. The quantitative estimate of drug-likeness (QED) is 0.621. The van der Waals surface area contributed by atoms with Crippen LogP contribution in [0, 0.1) is 0 Å². The van der Waals surface area contributed by atoms with Crippen LogP contribution in [0.2, 0.25) is 0 Å². The first kappa shape index (κ1) is 12.8. The van der Waals surface area contributed by atoms with Gasteiger partial charge in [0.05, 0.1) is 6.61 Å². The maximum Gasteiger partial charge on any atom is 0.346 e. The molecule has 4 nitrogen and oxygen atoms in total. The lowest BCUT2D eigenvalue weighted by Crippen LogP contribution is -2.15. The maximum atomic E-state index is 10.9. The highest BCUT2D eigenvalue weighted by Crippen LogP contribution is 2.16. The molecule has 0 saturated carbocycles. The minimum absolute atomic E-state index is 0.353. The van der Waals surface area contributed by atoms with E-state index in [4.69, 9.17) is 9.94 Å². The Kier molecular flexibility index (Phi) is 4.46. The summed E-state index contributed by atoms with van der Waals surface area (Å²) in [5.74, 6) is -0.898. The zero-order valence-corrected chi connectivity index (χ0v) is 10.4. The van der Waals surface area contributed by atoms with Crippen molar-refractivity contribution in [1.29, 1.82) is 0 Å². The van der Waals surface area contributed by atoms with E-state index in [-0.39, 0.29) is 0 Å². The highest BCUT2D eigenvalue weighted by Gasteiger charge is 2.10. The van der Waals surface area contributed by atoms with Crippen molar-refractivity contribution in [2.45, 2.75) is 13.2 Å². The Labute approximate surface area is 109 Å². The summed E-state index contributed by atoms with van der Waals surface area (Å²) in [6.07, 6.45) is 0. The van der Waals surface area contributed by atoms with Crippen LogP contribution in [0.4, 0.5) is 0 Å². The van der Waals surface area contributed by atoms with Gasteiger partial charge in [0.25, 0.3) is 0 Å². The fraction of sp³-hybridized carbons (Fsp3) is 0.154. The average molecular weight is 263 g/mol. The zero-order chi connectivity index (χ0) is 12.8. The van der Waals surface area contributed by atoms with Gasteiger partial charge in [0, 0.05) is 6.54 Å². The first-order valence-electron chi connectivity index (χ1n) is 5.45. The fourth-order valence-corrected chi connectivity index (χ4v) is 2.26. The van der Waals surface area contributed by atoms with E-state index in [1.54, 1.807) is 11.4 Å². The van der Waals surface area contributed by atoms with Crippen LogP contribution in [0.5, 0.6) is 0 Å².